The molecule has 0 aromatic carbocycles. The third-order valence-electron chi connectivity index (χ3n) is 2.71. The lowest BCUT2D eigenvalue weighted by molar-refractivity contribution is -0.136. The monoisotopic (exact) mass is 322 g/mol. The first kappa shape index (κ1) is 19.9. The van der Waals surface area contributed by atoms with E-state index in [1.54, 1.807) is 16.8 Å². The Morgan fingerprint density at radius 3 is 2.19 bits per heavy atom. The lowest BCUT2D eigenvalue weighted by Gasteiger charge is -2.27. The van der Waals surface area contributed by atoms with E-state index in [4.69, 9.17) is 25.5 Å². The van der Waals surface area contributed by atoms with Crippen LogP contribution in [0.1, 0.15) is 10.6 Å². The molecule has 1 aromatic heterocycles. The highest BCUT2D eigenvalue weighted by atomic mass is 32.1. The van der Waals surface area contributed by atoms with Gasteiger partial charge in [0, 0.05) is 17.9 Å². The maximum Gasteiger partial charge on any atom is 0.317 e. The lowest BCUT2D eigenvalue weighted by Crippen LogP contribution is -2.56. The summed E-state index contributed by atoms with van der Waals surface area (Å²) in [6.45, 7) is 0.208. The number of aliphatic hydroxyl groups is 4. The summed E-state index contributed by atoms with van der Waals surface area (Å²) in [5.41, 5.74) is 1.55. The molecule has 0 saturated carbocycles. The number of nitrogens with one attached hydrogen (secondary N) is 1. The first-order chi connectivity index (χ1) is 9.94. The van der Waals surface area contributed by atoms with E-state index in [0.29, 0.717) is 0 Å². The second-order valence-corrected chi connectivity index (χ2v) is 5.28. The van der Waals surface area contributed by atoms with Gasteiger partial charge in [-0.1, -0.05) is 0 Å². The van der Waals surface area contributed by atoms with Gasteiger partial charge in [-0.05, 0) is 6.92 Å². The minimum atomic E-state index is -1.31. The van der Waals surface area contributed by atoms with Crippen LogP contribution in [0.5, 0.6) is 0 Å². The zero-order chi connectivity index (χ0) is 16.3. The molecule has 8 nitrogen and oxygen atoms in total. The van der Waals surface area contributed by atoms with E-state index in [1.165, 1.54) is 4.88 Å². The van der Waals surface area contributed by atoms with Crippen molar-refractivity contribution in [3.63, 3.8) is 0 Å². The molecule has 0 radical (unpaired) electrons. The highest BCUT2D eigenvalue weighted by Gasteiger charge is 2.27. The average molecular weight is 322 g/mol. The molecule has 122 valence electrons. The molecular formula is C12H22N2O6S. The molecule has 1 rings (SSSR count). The molecule has 1 heterocycles. The SMILES string of the molecule is Cc1ncsc1CCO.O=C(O)CNC(CO)(CO)CO. The summed E-state index contributed by atoms with van der Waals surface area (Å²) in [7, 11) is 0. The predicted molar refractivity (Wildman–Crippen MR) is 77.3 cm³/mol. The standard InChI is InChI=1S/C6H13NO5.C6H9NOS/c8-2-6(3-9,4-10)7-1-5(11)12;1-5-6(2-3-8)9-4-7-5/h7-10H,1-4H2,(H,11,12);4,8H,2-3H2,1H3. The van der Waals surface area contributed by atoms with E-state index in [-0.39, 0.29) is 6.61 Å². The van der Waals surface area contributed by atoms with Crippen molar-refractivity contribution in [2.75, 3.05) is 33.0 Å². The Morgan fingerprint density at radius 2 is 1.86 bits per heavy atom. The van der Waals surface area contributed by atoms with Gasteiger partial charge in [0.15, 0.2) is 0 Å². The van der Waals surface area contributed by atoms with Gasteiger partial charge in [-0.15, -0.1) is 11.3 Å². The third-order valence-corrected chi connectivity index (χ3v) is 3.70. The van der Waals surface area contributed by atoms with E-state index in [0.717, 1.165) is 12.1 Å². The van der Waals surface area contributed by atoms with Crippen molar-refractivity contribution >= 4 is 17.3 Å². The predicted octanol–water partition coefficient (Wildman–Crippen LogP) is -1.64. The van der Waals surface area contributed by atoms with E-state index in [9.17, 15) is 4.79 Å². The van der Waals surface area contributed by atoms with E-state index < -0.39 is 37.9 Å². The molecule has 0 atom stereocenters. The number of aryl methyl sites for hydroxylation is 1. The van der Waals surface area contributed by atoms with Gasteiger partial charge < -0.3 is 25.5 Å². The van der Waals surface area contributed by atoms with Gasteiger partial charge in [0.2, 0.25) is 0 Å². The van der Waals surface area contributed by atoms with Crippen molar-refractivity contribution in [3.8, 4) is 0 Å². The van der Waals surface area contributed by atoms with Crippen molar-refractivity contribution in [1.29, 1.82) is 0 Å². The van der Waals surface area contributed by atoms with Crippen LogP contribution in [0, 0.1) is 6.92 Å². The Labute approximate surface area is 126 Å². The molecule has 9 heteroatoms. The van der Waals surface area contributed by atoms with Gasteiger partial charge in [0.25, 0.3) is 0 Å². The fourth-order valence-electron chi connectivity index (χ4n) is 1.25. The van der Waals surface area contributed by atoms with E-state index >= 15 is 0 Å². The van der Waals surface area contributed by atoms with Gasteiger partial charge in [0.05, 0.1) is 43.1 Å². The summed E-state index contributed by atoms with van der Waals surface area (Å²) >= 11 is 1.60. The Kier molecular flexibility index (Phi) is 10.0. The summed E-state index contributed by atoms with van der Waals surface area (Å²) in [5, 5.41) is 45.3. The normalized spacial score (nSPS) is 10.9. The molecule has 0 aliphatic carbocycles. The summed E-state index contributed by atoms with van der Waals surface area (Å²) < 4.78 is 0. The number of aliphatic carboxylic acids is 1. The van der Waals surface area contributed by atoms with Gasteiger partial charge in [-0.2, -0.15) is 0 Å². The van der Waals surface area contributed by atoms with Crippen LogP contribution in [-0.4, -0.2) is 75.0 Å². The number of carbonyl (C=O) groups is 1. The van der Waals surface area contributed by atoms with Crippen LogP contribution in [0.2, 0.25) is 0 Å². The summed E-state index contributed by atoms with van der Waals surface area (Å²) in [6.07, 6.45) is 0.747. The molecule has 0 bridgehead atoms. The topological polar surface area (TPSA) is 143 Å². The molecule has 0 spiro atoms. The average Bonchev–Trinajstić information content (AvgIpc) is 2.88. The van der Waals surface area contributed by atoms with Crippen molar-refractivity contribution in [3.05, 3.63) is 16.1 Å². The van der Waals surface area contributed by atoms with Gasteiger partial charge in [-0.3, -0.25) is 10.1 Å². The van der Waals surface area contributed by atoms with Crippen molar-refractivity contribution in [2.45, 2.75) is 18.9 Å². The third kappa shape index (κ3) is 7.46. The number of carboxylic acid groups (broad SMARTS) is 1. The van der Waals surface area contributed by atoms with Crippen LogP contribution in [0.4, 0.5) is 0 Å². The molecule has 0 unspecified atom stereocenters. The first-order valence-corrected chi connectivity index (χ1v) is 7.12. The number of rotatable bonds is 8. The number of hydrogen-bond acceptors (Lipinski definition) is 8. The molecule has 6 N–H and O–H groups in total. The van der Waals surface area contributed by atoms with Crippen LogP contribution in [0.25, 0.3) is 0 Å². The summed E-state index contributed by atoms with van der Waals surface area (Å²) in [4.78, 5) is 15.3. The first-order valence-electron chi connectivity index (χ1n) is 6.24. The van der Waals surface area contributed by atoms with Crippen molar-refractivity contribution < 1.29 is 30.3 Å². The Hall–Kier alpha value is -1.10. The summed E-state index contributed by atoms with van der Waals surface area (Å²) in [6, 6.07) is 0. The number of aliphatic hydroxyl groups excluding tert-OH is 4. The van der Waals surface area contributed by atoms with Crippen LogP contribution in [-0.2, 0) is 11.2 Å². The quantitative estimate of drug-likeness (QED) is 0.334. The molecule has 21 heavy (non-hydrogen) atoms. The fourth-order valence-corrected chi connectivity index (χ4v) is 2.02. The lowest BCUT2D eigenvalue weighted by atomic mass is 10.0. The van der Waals surface area contributed by atoms with E-state index in [2.05, 4.69) is 10.3 Å². The van der Waals surface area contributed by atoms with Crippen LogP contribution in [0.15, 0.2) is 5.51 Å². The molecular weight excluding hydrogens is 300 g/mol. The number of nitrogens with zero attached hydrogens (tertiary/aromatic N) is 1. The van der Waals surface area contributed by atoms with Gasteiger partial charge in [0.1, 0.15) is 0 Å². The van der Waals surface area contributed by atoms with Crippen LogP contribution in [0.3, 0.4) is 0 Å². The van der Waals surface area contributed by atoms with Crippen LogP contribution < -0.4 is 5.32 Å². The maximum atomic E-state index is 10.1. The van der Waals surface area contributed by atoms with Gasteiger partial charge >= 0.3 is 5.97 Å². The van der Waals surface area contributed by atoms with Crippen molar-refractivity contribution in [2.24, 2.45) is 0 Å². The number of thiazole rings is 1. The molecule has 1 aromatic rings. The minimum absolute atomic E-state index is 0.225. The number of aromatic nitrogens is 1. The number of carboxylic acids is 1. The second-order valence-electron chi connectivity index (χ2n) is 4.34. The smallest absolute Gasteiger partial charge is 0.317 e. The fraction of sp³-hybridized carbons (Fsp3) is 0.667. The van der Waals surface area contributed by atoms with Gasteiger partial charge in [-0.25, -0.2) is 4.98 Å². The number of hydrogen-bond donors (Lipinski definition) is 6. The molecule has 0 aliphatic rings. The minimum Gasteiger partial charge on any atom is -0.480 e. The zero-order valence-electron chi connectivity index (χ0n) is 11.8. The van der Waals surface area contributed by atoms with Crippen LogP contribution >= 0.6 is 11.3 Å². The second kappa shape index (κ2) is 10.6. The van der Waals surface area contributed by atoms with Crippen molar-refractivity contribution in [1.82, 2.24) is 10.3 Å². The summed E-state index contributed by atoms with van der Waals surface area (Å²) in [5.74, 6) is -1.12. The largest absolute Gasteiger partial charge is 0.480 e. The Bertz CT molecular complexity index is 400. The van der Waals surface area contributed by atoms with E-state index in [1.807, 2.05) is 6.92 Å². The highest BCUT2D eigenvalue weighted by molar-refractivity contribution is 7.09. The molecule has 0 aliphatic heterocycles. The molecule has 0 fully saturated rings. The molecule has 0 saturated heterocycles. The Morgan fingerprint density at radius 1 is 1.29 bits per heavy atom. The Balaban J connectivity index is 0.000000394. The maximum absolute atomic E-state index is 10.1. The highest BCUT2D eigenvalue weighted by Crippen LogP contribution is 2.11. The zero-order valence-corrected chi connectivity index (χ0v) is 12.6. The molecule has 0 amide bonds.